The van der Waals surface area contributed by atoms with E-state index in [1.165, 1.54) is 0 Å². The molecule has 4 aromatic carbocycles. The molecule has 4 fully saturated rings. The number of hydrogen-bond donors (Lipinski definition) is 4. The molecule has 0 aliphatic carbocycles. The van der Waals surface area contributed by atoms with Crippen molar-refractivity contribution in [2.75, 3.05) is 96.7 Å². The van der Waals surface area contributed by atoms with Gasteiger partial charge in [0.2, 0.25) is 0 Å². The van der Waals surface area contributed by atoms with Gasteiger partial charge in [-0.3, -0.25) is 9.59 Å². The van der Waals surface area contributed by atoms with Gasteiger partial charge < -0.3 is 49.9 Å². The van der Waals surface area contributed by atoms with Crippen LogP contribution in [0.3, 0.4) is 0 Å². The number of aliphatic hydroxyl groups is 2. The van der Waals surface area contributed by atoms with Crippen molar-refractivity contribution in [1.82, 2.24) is 10.6 Å². The number of fused-ring (bicyclic) bond motifs is 6. The highest BCUT2D eigenvalue weighted by atomic mass is 33.1. The molecule has 4 unspecified atom stereocenters. The van der Waals surface area contributed by atoms with E-state index < -0.39 is 22.3 Å². The van der Waals surface area contributed by atoms with Gasteiger partial charge in [-0.05, 0) is 108 Å². The number of carbonyl (C=O) groups is 2. The highest BCUT2D eigenvalue weighted by Crippen LogP contribution is 2.57. The van der Waals surface area contributed by atoms with Crippen molar-refractivity contribution >= 4 is 68.3 Å². The molecule has 0 saturated carbocycles. The summed E-state index contributed by atoms with van der Waals surface area (Å²) in [5.41, 5.74) is 7.90. The Labute approximate surface area is 408 Å². The lowest BCUT2D eigenvalue weighted by Gasteiger charge is -2.39. The number of ether oxygens (including phenoxy) is 2. The van der Waals surface area contributed by atoms with Crippen LogP contribution in [0.5, 0.6) is 0 Å². The Morgan fingerprint density at radius 3 is 1.41 bits per heavy atom. The van der Waals surface area contributed by atoms with Gasteiger partial charge in [-0.1, -0.05) is 85.7 Å². The summed E-state index contributed by atoms with van der Waals surface area (Å²) < 4.78 is 13.2. The number of amides is 2. The third kappa shape index (κ3) is 8.38. The standard InChI is InChI=1S/C54H64N6O6S2/c1-51(2)45-33-39(9-15-47(45)59-27-29-65-53(51,59)21-17-37-5-11-41(12-6-37)57-25-19-43(61)35-57)49(63)55-23-31-67-68-32-24-56-50(64)40-10-16-48-46(34-40)52(3,4)54(60(48)28-30-66-54)22-18-38-7-13-42(14-8-38)58-26-20-44(62)36-58/h5-18,21-22,33-34,43-44,61-62H,19-20,23-32,35-36H2,1-4H3,(H,55,63)(H,56,64)/b21-17+,22-18+. The maximum atomic E-state index is 13.4. The highest BCUT2D eigenvalue weighted by molar-refractivity contribution is 8.76. The maximum absolute atomic E-state index is 13.4. The summed E-state index contributed by atoms with van der Waals surface area (Å²) in [6.45, 7) is 15.7. The van der Waals surface area contributed by atoms with E-state index in [0.717, 1.165) is 95.5 Å². The van der Waals surface area contributed by atoms with Crippen molar-refractivity contribution in [3.05, 3.63) is 130 Å². The van der Waals surface area contributed by atoms with Crippen LogP contribution < -0.4 is 30.2 Å². The van der Waals surface area contributed by atoms with Gasteiger partial charge in [0.1, 0.15) is 0 Å². The third-order valence-corrected chi connectivity index (χ3v) is 17.6. The van der Waals surface area contributed by atoms with Crippen molar-refractivity contribution in [3.63, 3.8) is 0 Å². The summed E-state index contributed by atoms with van der Waals surface area (Å²) in [4.78, 5) is 36.0. The maximum Gasteiger partial charge on any atom is 0.251 e. The predicted molar refractivity (Wildman–Crippen MR) is 277 cm³/mol. The Kier molecular flexibility index (Phi) is 12.9. The van der Waals surface area contributed by atoms with Gasteiger partial charge in [-0.15, -0.1) is 0 Å². The summed E-state index contributed by atoms with van der Waals surface area (Å²) in [6.07, 6.45) is 9.73. The van der Waals surface area contributed by atoms with E-state index in [2.05, 4.69) is 143 Å². The van der Waals surface area contributed by atoms with Crippen molar-refractivity contribution in [2.45, 2.75) is 75.0 Å². The minimum atomic E-state index is -0.669. The van der Waals surface area contributed by atoms with Crippen molar-refractivity contribution in [3.8, 4) is 0 Å². The summed E-state index contributed by atoms with van der Waals surface area (Å²) in [6, 6.07) is 29.0. The van der Waals surface area contributed by atoms with Gasteiger partial charge in [0.25, 0.3) is 11.8 Å². The molecule has 2 amide bonds. The van der Waals surface area contributed by atoms with Gasteiger partial charge in [0.05, 0.1) is 25.4 Å². The van der Waals surface area contributed by atoms with E-state index in [9.17, 15) is 19.8 Å². The number of nitrogens with zero attached hydrogens (tertiary/aromatic N) is 4. The minimum Gasteiger partial charge on any atom is -0.391 e. The number of aliphatic hydroxyl groups excluding tert-OH is 2. The first-order valence-corrected chi connectivity index (χ1v) is 26.7. The summed E-state index contributed by atoms with van der Waals surface area (Å²) >= 11 is 0. The Hall–Kier alpha value is -4.96. The lowest BCUT2D eigenvalue weighted by Crippen LogP contribution is -2.51. The Morgan fingerprint density at radius 1 is 0.618 bits per heavy atom. The smallest absolute Gasteiger partial charge is 0.251 e. The second-order valence-electron chi connectivity index (χ2n) is 19.9. The van der Waals surface area contributed by atoms with Crippen LogP contribution in [0.4, 0.5) is 22.7 Å². The Bertz CT molecular complexity index is 2410. The molecular weight excluding hydrogens is 893 g/mol. The van der Waals surface area contributed by atoms with Crippen LogP contribution in [-0.2, 0) is 20.3 Å². The number of benzene rings is 4. The minimum absolute atomic E-state index is 0.0958. The topological polar surface area (TPSA) is 130 Å². The first-order chi connectivity index (χ1) is 32.8. The summed E-state index contributed by atoms with van der Waals surface area (Å²) in [7, 11) is 3.37. The molecule has 68 heavy (non-hydrogen) atoms. The number of β-amino-alcohol motifs (C(OH)–C–C–N with tert-alkyl or cyclic N) is 2. The molecule has 0 aromatic heterocycles. The van der Waals surface area contributed by atoms with Crippen LogP contribution in [0, 0.1) is 0 Å². The molecule has 14 heteroatoms. The quantitative estimate of drug-likeness (QED) is 0.0699. The SMILES string of the molecule is CC1(C)c2cc(C(=O)NCCSSCCNC(=O)c3ccc4c(c3)C(C)(C)C3(/C=C/c5ccc(N6CCC(O)C6)cc5)OCCN43)ccc2N2CCOC21/C=C/c1ccc(N2CCC(O)C2)cc1. The molecule has 4 atom stereocenters. The van der Waals surface area contributed by atoms with Crippen LogP contribution in [-0.4, -0.2) is 123 Å². The second-order valence-corrected chi connectivity index (χ2v) is 22.6. The van der Waals surface area contributed by atoms with Gasteiger partial charge in [0.15, 0.2) is 11.4 Å². The molecule has 12 nitrogen and oxygen atoms in total. The van der Waals surface area contributed by atoms with E-state index in [1.807, 2.05) is 24.3 Å². The molecule has 6 heterocycles. The fourth-order valence-electron chi connectivity index (χ4n) is 11.3. The zero-order chi connectivity index (χ0) is 47.3. The molecule has 0 spiro atoms. The fourth-order valence-corrected chi connectivity index (χ4v) is 13.1. The van der Waals surface area contributed by atoms with Crippen LogP contribution in [0.25, 0.3) is 12.2 Å². The van der Waals surface area contributed by atoms with E-state index in [1.54, 1.807) is 21.6 Å². The van der Waals surface area contributed by atoms with E-state index in [-0.39, 0.29) is 24.0 Å². The molecule has 10 rings (SSSR count). The zero-order valence-corrected chi connectivity index (χ0v) is 41.2. The van der Waals surface area contributed by atoms with Gasteiger partial charge in [-0.25, -0.2) is 0 Å². The second kappa shape index (κ2) is 18.7. The van der Waals surface area contributed by atoms with E-state index in [0.29, 0.717) is 50.5 Å². The van der Waals surface area contributed by atoms with Gasteiger partial charge >= 0.3 is 0 Å². The lowest BCUT2D eigenvalue weighted by molar-refractivity contribution is 0.000267. The predicted octanol–water partition coefficient (Wildman–Crippen LogP) is 7.44. The first kappa shape index (κ1) is 46.8. The number of hydrogen-bond acceptors (Lipinski definition) is 12. The summed E-state index contributed by atoms with van der Waals surface area (Å²) in [5.74, 6) is 1.28. The molecule has 4 N–H and O–H groups in total. The van der Waals surface area contributed by atoms with Crippen molar-refractivity contribution in [1.29, 1.82) is 0 Å². The number of anilines is 4. The number of carbonyl (C=O) groups excluding carboxylic acids is 2. The Balaban J connectivity index is 0.681. The molecule has 6 aliphatic rings. The molecule has 0 radical (unpaired) electrons. The van der Waals surface area contributed by atoms with Crippen LogP contribution in [0.2, 0.25) is 0 Å². The normalized spacial score (nSPS) is 25.4. The van der Waals surface area contributed by atoms with Gasteiger partial charge in [0, 0.05) is 109 Å². The van der Waals surface area contributed by atoms with Crippen molar-refractivity contribution in [2.24, 2.45) is 0 Å². The average molecular weight is 957 g/mol. The van der Waals surface area contributed by atoms with E-state index in [4.69, 9.17) is 9.47 Å². The highest BCUT2D eigenvalue weighted by Gasteiger charge is 2.60. The van der Waals surface area contributed by atoms with Crippen LogP contribution >= 0.6 is 21.6 Å². The lowest BCUT2D eigenvalue weighted by atomic mass is 9.77. The zero-order valence-electron chi connectivity index (χ0n) is 39.6. The van der Waals surface area contributed by atoms with Crippen LogP contribution in [0.1, 0.15) is 83.5 Å². The average Bonchev–Trinajstić information content (AvgIpc) is 4.21. The monoisotopic (exact) mass is 956 g/mol. The molecule has 0 bridgehead atoms. The largest absolute Gasteiger partial charge is 0.391 e. The number of rotatable bonds is 15. The molecular formula is C54H64N6O6S2. The molecule has 4 saturated heterocycles. The number of nitrogens with one attached hydrogen (secondary N) is 2. The fraction of sp³-hybridized carbons (Fsp3) is 0.444. The van der Waals surface area contributed by atoms with Gasteiger partial charge in [-0.2, -0.15) is 0 Å². The van der Waals surface area contributed by atoms with Crippen LogP contribution in [0.15, 0.2) is 97.1 Å². The molecule has 6 aliphatic heterocycles. The third-order valence-electron chi connectivity index (χ3n) is 15.2. The summed E-state index contributed by atoms with van der Waals surface area (Å²) in [5, 5.41) is 26.2. The van der Waals surface area contributed by atoms with Crippen molar-refractivity contribution < 1.29 is 29.3 Å². The Morgan fingerprint density at radius 2 is 1.03 bits per heavy atom. The molecule has 358 valence electrons. The molecule has 4 aromatic rings. The first-order valence-electron chi connectivity index (χ1n) is 24.2. The van der Waals surface area contributed by atoms with E-state index >= 15 is 0 Å².